The monoisotopic (exact) mass is 782 g/mol. The van der Waals surface area contributed by atoms with Gasteiger partial charge in [0, 0.05) is 5.56 Å². The van der Waals surface area contributed by atoms with Crippen LogP contribution in [-0.4, -0.2) is 72.9 Å². The second kappa shape index (κ2) is 19.3. The van der Waals surface area contributed by atoms with E-state index in [2.05, 4.69) is 26.4 Å². The number of ether oxygens (including phenoxy) is 5. The van der Waals surface area contributed by atoms with Gasteiger partial charge in [-0.25, -0.2) is 28.6 Å². The maximum Gasteiger partial charge on any atom is 0.527 e. The molecule has 0 aliphatic rings. The van der Waals surface area contributed by atoms with Crippen molar-refractivity contribution in [1.82, 2.24) is 9.97 Å². The van der Waals surface area contributed by atoms with E-state index in [1.807, 2.05) is 24.3 Å². The number of halogens is 14. The van der Waals surface area contributed by atoms with Gasteiger partial charge in [0.2, 0.25) is 0 Å². The lowest BCUT2D eigenvalue weighted by Gasteiger charge is -2.33. The first-order valence-corrected chi connectivity index (χ1v) is 15.8. The predicted molar refractivity (Wildman–Crippen MR) is 154 cm³/mol. The highest BCUT2D eigenvalue weighted by Crippen LogP contribution is 2.48. The third-order valence-corrected chi connectivity index (χ3v) is 6.86. The summed E-state index contributed by atoms with van der Waals surface area (Å²) in [6.45, 7) is -0.794. The van der Waals surface area contributed by atoms with Crippen LogP contribution in [0.1, 0.15) is 70.3 Å². The van der Waals surface area contributed by atoms with Gasteiger partial charge in [0.1, 0.15) is 12.8 Å². The molecular weight excluding hydrogens is 746 g/mol. The summed E-state index contributed by atoms with van der Waals surface area (Å²) in [5, 5.41) is 0. The summed E-state index contributed by atoms with van der Waals surface area (Å²) in [6, 6.07) is 7.51. The zero-order chi connectivity index (χ0) is 39.3. The minimum absolute atomic E-state index is 0.241. The number of aryl methyl sites for hydroxylation is 1. The lowest BCUT2D eigenvalue weighted by atomic mass is 10.0. The van der Waals surface area contributed by atoms with Gasteiger partial charge in [-0.15, -0.1) is 13.2 Å². The van der Waals surface area contributed by atoms with Crippen LogP contribution in [0.5, 0.6) is 5.75 Å². The highest BCUT2D eigenvalue weighted by Gasteiger charge is 2.74. The fourth-order valence-corrected chi connectivity index (χ4v) is 4.28. The van der Waals surface area contributed by atoms with E-state index in [0.717, 1.165) is 36.8 Å². The van der Waals surface area contributed by atoms with Crippen molar-refractivity contribution in [3.8, 4) is 17.1 Å². The molecule has 0 unspecified atom stereocenters. The van der Waals surface area contributed by atoms with Gasteiger partial charge in [-0.1, -0.05) is 69.7 Å². The van der Waals surface area contributed by atoms with E-state index in [1.54, 1.807) is 21.9 Å². The quantitative estimate of drug-likeness (QED) is 0.0734. The average Bonchev–Trinajstić information content (AvgIpc) is 3.01. The number of alkyl halides is 14. The smallest absolute Gasteiger partial charge is 0.490 e. The maximum absolute atomic E-state index is 14.0. The van der Waals surface area contributed by atoms with Crippen molar-refractivity contribution >= 4 is 0 Å². The molecular formula is C31H36F14N2O5. The van der Waals surface area contributed by atoms with Gasteiger partial charge in [-0.05, 0) is 31.2 Å². The normalized spacial score (nSPS) is 14.1. The molecule has 0 bridgehead atoms. The van der Waals surface area contributed by atoms with Crippen molar-refractivity contribution in [1.29, 1.82) is 0 Å². The minimum Gasteiger partial charge on any atom is -0.490 e. The van der Waals surface area contributed by atoms with Crippen molar-refractivity contribution in [3.05, 3.63) is 42.2 Å². The van der Waals surface area contributed by atoms with Crippen LogP contribution in [0.15, 0.2) is 36.7 Å². The Bertz CT molecular complexity index is 1320. The molecule has 0 saturated carbocycles. The van der Waals surface area contributed by atoms with Crippen LogP contribution in [-0.2, 0) is 25.4 Å². The van der Waals surface area contributed by atoms with Gasteiger partial charge in [0.05, 0.1) is 25.6 Å². The maximum atomic E-state index is 14.0. The summed E-state index contributed by atoms with van der Waals surface area (Å²) < 4.78 is 198. The molecule has 0 amide bonds. The second-order valence-electron chi connectivity index (χ2n) is 11.4. The van der Waals surface area contributed by atoms with Crippen LogP contribution >= 0.6 is 0 Å². The van der Waals surface area contributed by atoms with Crippen molar-refractivity contribution < 1.29 is 85.2 Å². The van der Waals surface area contributed by atoms with Crippen molar-refractivity contribution in [2.45, 2.75) is 114 Å². The van der Waals surface area contributed by atoms with E-state index in [1.165, 1.54) is 0 Å². The van der Waals surface area contributed by atoms with Crippen LogP contribution in [0, 0.1) is 0 Å². The largest absolute Gasteiger partial charge is 0.527 e. The Balaban J connectivity index is 1.68. The van der Waals surface area contributed by atoms with Crippen LogP contribution in [0.3, 0.4) is 0 Å². The molecule has 0 saturated heterocycles. The van der Waals surface area contributed by atoms with Gasteiger partial charge in [0.15, 0.2) is 11.6 Å². The van der Waals surface area contributed by atoms with E-state index in [0.29, 0.717) is 43.9 Å². The molecule has 298 valence electrons. The van der Waals surface area contributed by atoms with Gasteiger partial charge >= 0.3 is 36.9 Å². The van der Waals surface area contributed by atoms with E-state index < -0.39 is 56.3 Å². The first-order chi connectivity index (χ1) is 24.0. The fraction of sp³-hybridized carbons (Fsp3) is 0.677. The Hall–Kier alpha value is -3.04. The molecule has 1 aromatic heterocycles. The predicted octanol–water partition coefficient (Wildman–Crippen LogP) is 10.5. The molecule has 0 spiro atoms. The molecule has 21 heteroatoms. The summed E-state index contributed by atoms with van der Waals surface area (Å²) in [5.74, 6) is 1.10. The molecule has 2 rings (SSSR count). The molecule has 0 radical (unpaired) electrons. The summed E-state index contributed by atoms with van der Waals surface area (Å²) in [7, 11) is 0. The molecule has 1 aromatic carbocycles. The molecule has 1 atom stereocenters. The van der Waals surface area contributed by atoms with Gasteiger partial charge in [0.25, 0.3) is 0 Å². The molecule has 52 heavy (non-hydrogen) atoms. The number of nitrogens with zero attached hydrogens (tertiary/aromatic N) is 2. The molecule has 0 fully saturated rings. The van der Waals surface area contributed by atoms with Gasteiger partial charge in [-0.3, -0.25) is 0 Å². The molecule has 0 N–H and O–H groups in total. The molecule has 2 aromatic rings. The highest BCUT2D eigenvalue weighted by molar-refractivity contribution is 5.55. The number of rotatable bonds is 25. The van der Waals surface area contributed by atoms with Crippen molar-refractivity contribution in [2.24, 2.45) is 0 Å². The molecule has 0 aliphatic heterocycles. The Morgan fingerprint density at radius 2 is 1.17 bits per heavy atom. The lowest BCUT2D eigenvalue weighted by Crippen LogP contribution is -2.57. The zero-order valence-electron chi connectivity index (χ0n) is 27.5. The number of aromatic nitrogens is 2. The number of hydrogen-bond acceptors (Lipinski definition) is 7. The standard InChI is InChI=1S/C31H36F14N2O5/c1-2-3-4-9-16-49-24-17-46-25(47-18-24)22-14-12-21(13-15-22)10-7-5-6-8-11-23(32)19-48-20-26(33,34)50-27(35,36)28(37,38)51-29(39,40)30(41,42)52-31(43,44)45/h12-15,17-18,23H,2-11,16,19-20H2,1H3/t23-/m0/s1. The van der Waals surface area contributed by atoms with E-state index >= 15 is 0 Å². The topological polar surface area (TPSA) is 71.9 Å². The first kappa shape index (κ1) is 45.1. The van der Waals surface area contributed by atoms with Crippen LogP contribution in [0.4, 0.5) is 61.5 Å². The van der Waals surface area contributed by atoms with Crippen molar-refractivity contribution in [3.63, 3.8) is 0 Å². The number of benzene rings is 1. The fourth-order valence-electron chi connectivity index (χ4n) is 4.28. The van der Waals surface area contributed by atoms with E-state index in [-0.39, 0.29) is 12.8 Å². The summed E-state index contributed by atoms with van der Waals surface area (Å²) in [4.78, 5) is 8.66. The third-order valence-electron chi connectivity index (χ3n) is 6.86. The van der Waals surface area contributed by atoms with Crippen LogP contribution in [0.2, 0.25) is 0 Å². The third kappa shape index (κ3) is 15.5. The Morgan fingerprint density at radius 1 is 0.635 bits per heavy atom. The average molecular weight is 783 g/mol. The SMILES string of the molecule is CCCCCCOc1cnc(-c2ccc(CCCCCC[C@H](F)COCC(F)(F)OC(F)(F)C(F)(F)OC(F)(F)C(F)(F)OC(F)(F)F)cc2)nc1. The summed E-state index contributed by atoms with van der Waals surface area (Å²) >= 11 is 0. The van der Waals surface area contributed by atoms with Gasteiger partial charge in [-0.2, -0.15) is 43.9 Å². The summed E-state index contributed by atoms with van der Waals surface area (Å²) in [5.41, 5.74) is 1.80. The first-order valence-electron chi connectivity index (χ1n) is 15.8. The number of hydrogen-bond donors (Lipinski definition) is 0. The minimum atomic E-state index is -7.13. The van der Waals surface area contributed by atoms with Gasteiger partial charge < -0.3 is 9.47 Å². The summed E-state index contributed by atoms with van der Waals surface area (Å²) in [6.07, 6.45) is -32.0. The van der Waals surface area contributed by atoms with E-state index in [9.17, 15) is 61.5 Å². The number of unbranched alkanes of at least 4 members (excludes halogenated alkanes) is 6. The Morgan fingerprint density at radius 3 is 1.75 bits per heavy atom. The Kier molecular flexibility index (Phi) is 16.8. The zero-order valence-corrected chi connectivity index (χ0v) is 27.5. The van der Waals surface area contributed by atoms with E-state index in [4.69, 9.17) is 4.74 Å². The highest BCUT2D eigenvalue weighted by atomic mass is 19.4. The molecule has 1 heterocycles. The van der Waals surface area contributed by atoms with Crippen LogP contribution in [0.25, 0.3) is 11.4 Å². The Labute approximate surface area is 288 Å². The molecule has 0 aliphatic carbocycles. The lowest BCUT2D eigenvalue weighted by molar-refractivity contribution is -0.564. The van der Waals surface area contributed by atoms with Crippen LogP contribution < -0.4 is 4.74 Å². The van der Waals surface area contributed by atoms with Crippen molar-refractivity contribution in [2.75, 3.05) is 19.8 Å². The second-order valence-corrected chi connectivity index (χ2v) is 11.4. The molecule has 7 nitrogen and oxygen atoms in total.